The van der Waals surface area contributed by atoms with Crippen LogP contribution in [0.1, 0.15) is 31.7 Å². The summed E-state index contributed by atoms with van der Waals surface area (Å²) in [7, 11) is 0. The molecule has 1 fully saturated rings. The zero-order chi connectivity index (χ0) is 15.9. The van der Waals surface area contributed by atoms with Crippen molar-refractivity contribution in [2.45, 2.75) is 37.9 Å². The molecule has 1 aliphatic rings. The molecule has 1 saturated carbocycles. The quantitative estimate of drug-likeness (QED) is 0.531. The predicted octanol–water partition coefficient (Wildman–Crippen LogP) is 2.84. The van der Waals surface area contributed by atoms with Crippen molar-refractivity contribution in [2.75, 3.05) is 11.6 Å². The Hall–Kier alpha value is -1.61. The highest BCUT2D eigenvalue weighted by Gasteiger charge is 2.32. The van der Waals surface area contributed by atoms with Crippen LogP contribution >= 0.6 is 11.6 Å². The lowest BCUT2D eigenvalue weighted by atomic mass is 10.2. The summed E-state index contributed by atoms with van der Waals surface area (Å²) in [5, 5.41) is 0.349. The van der Waals surface area contributed by atoms with Gasteiger partial charge in [-0.05, 0) is 24.4 Å². The second kappa shape index (κ2) is 5.54. The maximum atomic E-state index is 12.5. The number of fused-ring (bicyclic) bond motifs is 1. The fourth-order valence-corrected chi connectivity index (χ4v) is 2.95. The minimum Gasteiger partial charge on any atom is -0.312 e. The van der Waals surface area contributed by atoms with Gasteiger partial charge in [-0.2, -0.15) is 23.1 Å². The highest BCUT2D eigenvalue weighted by atomic mass is 35.5. The Bertz CT molecular complexity index is 679. The smallest absolute Gasteiger partial charge is 0.312 e. The molecule has 0 saturated heterocycles. The molecule has 0 atom stereocenters. The van der Waals surface area contributed by atoms with Crippen molar-refractivity contribution >= 4 is 28.6 Å². The maximum absolute atomic E-state index is 12.5. The predicted molar refractivity (Wildman–Crippen MR) is 75.4 cm³/mol. The molecule has 0 aromatic carbocycles. The lowest BCUT2D eigenvalue weighted by Crippen LogP contribution is -2.40. The van der Waals surface area contributed by atoms with E-state index in [9.17, 15) is 13.2 Å². The molecule has 10 heteroatoms. The number of hydrazine groups is 1. The maximum Gasteiger partial charge on any atom is 0.407 e. The summed E-state index contributed by atoms with van der Waals surface area (Å²) < 4.78 is 39.4. The van der Waals surface area contributed by atoms with E-state index in [4.69, 9.17) is 17.4 Å². The van der Waals surface area contributed by atoms with Crippen molar-refractivity contribution < 1.29 is 13.2 Å². The average molecular weight is 335 g/mol. The Labute approximate surface area is 129 Å². The van der Waals surface area contributed by atoms with E-state index in [1.165, 1.54) is 0 Å². The minimum atomic E-state index is -4.45. The van der Waals surface area contributed by atoms with Crippen LogP contribution in [-0.2, 0) is 0 Å². The van der Waals surface area contributed by atoms with Gasteiger partial charge in [0.15, 0.2) is 17.0 Å². The number of hydrogen-bond acceptors (Lipinski definition) is 5. The molecule has 2 aromatic heterocycles. The number of alkyl halides is 3. The van der Waals surface area contributed by atoms with Crippen LogP contribution in [0.5, 0.6) is 0 Å². The third kappa shape index (κ3) is 2.95. The molecule has 2 aromatic rings. The Kier molecular flexibility index (Phi) is 3.85. The van der Waals surface area contributed by atoms with Crippen LogP contribution in [0.2, 0.25) is 5.28 Å². The Morgan fingerprint density at radius 1 is 1.32 bits per heavy atom. The SMILES string of the molecule is NN(CC(F)(F)F)c1nc(Cl)nc2c1ncn2C1CCCC1. The first-order valence-corrected chi connectivity index (χ1v) is 7.22. The van der Waals surface area contributed by atoms with Crippen LogP contribution in [0.25, 0.3) is 11.2 Å². The number of aromatic nitrogens is 4. The molecule has 0 amide bonds. The molecule has 6 nitrogen and oxygen atoms in total. The van der Waals surface area contributed by atoms with Gasteiger partial charge in [-0.15, -0.1) is 0 Å². The van der Waals surface area contributed by atoms with E-state index in [1.54, 1.807) is 6.33 Å². The summed E-state index contributed by atoms with van der Waals surface area (Å²) in [6, 6.07) is 0.234. The molecule has 3 rings (SSSR count). The number of imidazole rings is 1. The summed E-state index contributed by atoms with van der Waals surface area (Å²) >= 11 is 5.85. The zero-order valence-corrected chi connectivity index (χ0v) is 12.3. The van der Waals surface area contributed by atoms with Crippen LogP contribution in [0.4, 0.5) is 19.0 Å². The largest absolute Gasteiger partial charge is 0.407 e. The molecule has 0 aliphatic heterocycles. The van der Waals surface area contributed by atoms with Gasteiger partial charge in [0, 0.05) is 6.04 Å². The molecule has 0 unspecified atom stereocenters. The molecular formula is C12H14ClF3N6. The van der Waals surface area contributed by atoms with Crippen LogP contribution in [0, 0.1) is 0 Å². The second-order valence-corrected chi connectivity index (χ2v) is 5.66. The van der Waals surface area contributed by atoms with Crippen LogP contribution < -0.4 is 10.9 Å². The van der Waals surface area contributed by atoms with Gasteiger partial charge < -0.3 is 4.57 Å². The van der Waals surface area contributed by atoms with E-state index in [1.807, 2.05) is 4.57 Å². The molecular weight excluding hydrogens is 321 g/mol. The molecule has 22 heavy (non-hydrogen) atoms. The van der Waals surface area contributed by atoms with E-state index in [0.717, 1.165) is 25.7 Å². The third-order valence-corrected chi connectivity index (χ3v) is 3.88. The fraction of sp³-hybridized carbons (Fsp3) is 0.583. The highest BCUT2D eigenvalue weighted by molar-refractivity contribution is 6.28. The van der Waals surface area contributed by atoms with E-state index >= 15 is 0 Å². The third-order valence-electron chi connectivity index (χ3n) is 3.72. The van der Waals surface area contributed by atoms with E-state index in [-0.39, 0.29) is 22.7 Å². The van der Waals surface area contributed by atoms with Crippen molar-refractivity contribution in [3.63, 3.8) is 0 Å². The highest BCUT2D eigenvalue weighted by Crippen LogP contribution is 2.33. The van der Waals surface area contributed by atoms with Crippen molar-refractivity contribution in [3.05, 3.63) is 11.6 Å². The summed E-state index contributed by atoms with van der Waals surface area (Å²) in [4.78, 5) is 12.1. The standard InChI is InChI=1S/C12H14ClF3N6/c13-11-19-9-8(10(20-11)22(17)5-12(14,15)16)18-6-21(9)7-3-1-2-4-7/h6-7H,1-5,17H2. The van der Waals surface area contributed by atoms with E-state index in [0.29, 0.717) is 10.7 Å². The monoisotopic (exact) mass is 334 g/mol. The number of anilines is 1. The first-order chi connectivity index (χ1) is 10.3. The van der Waals surface area contributed by atoms with Crippen LogP contribution in [0.15, 0.2) is 6.33 Å². The van der Waals surface area contributed by atoms with Crippen molar-refractivity contribution in [3.8, 4) is 0 Å². The molecule has 0 radical (unpaired) electrons. The van der Waals surface area contributed by atoms with Gasteiger partial charge in [-0.3, -0.25) is 5.01 Å². The Morgan fingerprint density at radius 2 is 2.00 bits per heavy atom. The fourth-order valence-electron chi connectivity index (χ4n) is 2.79. The Morgan fingerprint density at radius 3 is 2.64 bits per heavy atom. The lowest BCUT2D eigenvalue weighted by Gasteiger charge is -2.19. The summed E-state index contributed by atoms with van der Waals surface area (Å²) in [5.41, 5.74) is 0.641. The second-order valence-electron chi connectivity index (χ2n) is 5.32. The van der Waals surface area contributed by atoms with E-state index < -0.39 is 12.7 Å². The molecule has 0 bridgehead atoms. The summed E-state index contributed by atoms with van der Waals surface area (Å²) in [5.74, 6) is 5.37. The molecule has 1 aliphatic carbocycles. The topological polar surface area (TPSA) is 72.9 Å². The van der Waals surface area contributed by atoms with Crippen LogP contribution in [-0.4, -0.2) is 32.2 Å². The number of rotatable bonds is 3. The molecule has 120 valence electrons. The Balaban J connectivity index is 2.04. The minimum absolute atomic E-state index is 0.121. The number of nitrogens with zero attached hydrogens (tertiary/aromatic N) is 5. The van der Waals surface area contributed by atoms with Gasteiger partial charge in [-0.25, -0.2) is 10.8 Å². The first-order valence-electron chi connectivity index (χ1n) is 6.84. The summed E-state index contributed by atoms with van der Waals surface area (Å²) in [6.07, 6.45) is 1.29. The van der Waals surface area contributed by atoms with E-state index in [2.05, 4.69) is 15.0 Å². The van der Waals surface area contributed by atoms with Gasteiger partial charge in [0.05, 0.1) is 6.33 Å². The van der Waals surface area contributed by atoms with Gasteiger partial charge >= 0.3 is 6.18 Å². The van der Waals surface area contributed by atoms with Gasteiger partial charge in [0.25, 0.3) is 0 Å². The average Bonchev–Trinajstić information content (AvgIpc) is 3.03. The van der Waals surface area contributed by atoms with Gasteiger partial charge in [0.2, 0.25) is 5.28 Å². The normalized spacial score (nSPS) is 16.6. The molecule has 2 N–H and O–H groups in total. The summed E-state index contributed by atoms with van der Waals surface area (Å²) in [6.45, 7) is -1.34. The number of nitrogens with two attached hydrogens (primary N) is 1. The lowest BCUT2D eigenvalue weighted by molar-refractivity contribution is -0.119. The number of hydrogen-bond donors (Lipinski definition) is 1. The first kappa shape index (κ1) is 15.3. The van der Waals surface area contributed by atoms with Gasteiger partial charge in [0.1, 0.15) is 6.54 Å². The zero-order valence-electron chi connectivity index (χ0n) is 11.5. The van der Waals surface area contributed by atoms with Gasteiger partial charge in [-0.1, -0.05) is 12.8 Å². The number of halogens is 4. The molecule has 2 heterocycles. The molecule has 0 spiro atoms. The van der Waals surface area contributed by atoms with Crippen molar-refractivity contribution in [2.24, 2.45) is 5.84 Å². The van der Waals surface area contributed by atoms with Crippen molar-refractivity contribution in [1.29, 1.82) is 0 Å². The van der Waals surface area contributed by atoms with Crippen molar-refractivity contribution in [1.82, 2.24) is 19.5 Å². The van der Waals surface area contributed by atoms with Crippen LogP contribution in [0.3, 0.4) is 0 Å².